The normalized spacial score (nSPS) is 23.4. The quantitative estimate of drug-likeness (QED) is 0.567. The average Bonchev–Trinajstić information content (AvgIpc) is 2.58. The molecule has 3 aliphatic rings. The molecule has 0 spiro atoms. The second kappa shape index (κ2) is 4.24. The van der Waals surface area contributed by atoms with E-state index < -0.39 is 0 Å². The fourth-order valence-electron chi connectivity index (χ4n) is 3.40. The van der Waals surface area contributed by atoms with Crippen LogP contribution in [0.15, 0.2) is 77.9 Å². The molecule has 0 saturated carbocycles. The molecule has 19 heavy (non-hydrogen) atoms. The van der Waals surface area contributed by atoms with Crippen molar-refractivity contribution in [2.24, 2.45) is 0 Å². The third-order valence-electron chi connectivity index (χ3n) is 4.22. The third kappa shape index (κ3) is 1.60. The van der Waals surface area contributed by atoms with E-state index in [9.17, 15) is 0 Å². The summed E-state index contributed by atoms with van der Waals surface area (Å²) in [4.78, 5) is 0. The van der Waals surface area contributed by atoms with E-state index in [1.54, 1.807) is 0 Å². The van der Waals surface area contributed by atoms with E-state index >= 15 is 0 Å². The highest BCUT2D eigenvalue weighted by molar-refractivity contribution is 5.88. The zero-order chi connectivity index (χ0) is 12.7. The first-order valence-electron chi connectivity index (χ1n) is 6.99. The summed E-state index contributed by atoms with van der Waals surface area (Å²) in [7, 11) is 0. The molecule has 0 saturated heterocycles. The largest absolute Gasteiger partial charge is 0.0873 e. The molecule has 0 amide bonds. The second-order valence-electron chi connectivity index (χ2n) is 5.30. The first-order valence-corrected chi connectivity index (χ1v) is 6.99. The SMILES string of the molecule is C1=CC=C2CCC=CC3C2=C(C=C1)c1ccccc13. The Morgan fingerprint density at radius 3 is 2.95 bits per heavy atom. The van der Waals surface area contributed by atoms with Gasteiger partial charge in [-0.15, -0.1) is 0 Å². The summed E-state index contributed by atoms with van der Waals surface area (Å²) in [5, 5.41) is 0. The first-order chi connectivity index (χ1) is 9.45. The number of benzene rings is 1. The van der Waals surface area contributed by atoms with Gasteiger partial charge in [-0.25, -0.2) is 0 Å². The topological polar surface area (TPSA) is 0 Å². The number of hydrogen-bond acceptors (Lipinski definition) is 0. The van der Waals surface area contributed by atoms with E-state index in [0.29, 0.717) is 5.92 Å². The van der Waals surface area contributed by atoms with Gasteiger partial charge >= 0.3 is 0 Å². The van der Waals surface area contributed by atoms with Gasteiger partial charge in [-0.3, -0.25) is 0 Å². The molecule has 0 aromatic heterocycles. The van der Waals surface area contributed by atoms with Crippen molar-refractivity contribution in [3.63, 3.8) is 0 Å². The molecule has 0 heterocycles. The van der Waals surface area contributed by atoms with Crippen LogP contribution in [-0.2, 0) is 0 Å². The van der Waals surface area contributed by atoms with Crippen LogP contribution < -0.4 is 0 Å². The number of hydrogen-bond donors (Lipinski definition) is 0. The van der Waals surface area contributed by atoms with Crippen molar-refractivity contribution in [1.29, 1.82) is 0 Å². The van der Waals surface area contributed by atoms with Crippen LogP contribution in [0.5, 0.6) is 0 Å². The fraction of sp³-hybridized carbons (Fsp3) is 0.158. The van der Waals surface area contributed by atoms with Gasteiger partial charge in [0.1, 0.15) is 0 Å². The minimum absolute atomic E-state index is 0.455. The van der Waals surface area contributed by atoms with E-state index in [4.69, 9.17) is 0 Å². The molecule has 0 bridgehead atoms. The van der Waals surface area contributed by atoms with Crippen LogP contribution in [0.4, 0.5) is 0 Å². The Morgan fingerprint density at radius 2 is 1.95 bits per heavy atom. The standard InChI is InChI=1S/C19H16/c1-2-8-14-9-4-5-13-18-16-11-7-6-10-15(16)17(12-3-1)19(14)18/h1-3,5-8,10-13,18H,4,9H2. The highest BCUT2D eigenvalue weighted by atomic mass is 14.3. The molecule has 1 aromatic carbocycles. The Labute approximate surface area is 114 Å². The van der Waals surface area contributed by atoms with Crippen molar-refractivity contribution in [3.8, 4) is 0 Å². The molecular weight excluding hydrogens is 228 g/mol. The summed E-state index contributed by atoms with van der Waals surface area (Å²) in [5.41, 5.74) is 7.31. The van der Waals surface area contributed by atoms with Gasteiger partial charge in [-0.1, -0.05) is 66.8 Å². The molecular formula is C19H16. The fourth-order valence-corrected chi connectivity index (χ4v) is 3.40. The molecule has 1 atom stereocenters. The summed E-state index contributed by atoms with van der Waals surface area (Å²) >= 11 is 0. The summed E-state index contributed by atoms with van der Waals surface area (Å²) in [6.45, 7) is 0. The molecule has 0 radical (unpaired) electrons. The maximum absolute atomic E-state index is 2.39. The summed E-state index contributed by atoms with van der Waals surface area (Å²) in [6.07, 6.45) is 18.1. The average molecular weight is 244 g/mol. The van der Waals surface area contributed by atoms with Crippen LogP contribution in [0.3, 0.4) is 0 Å². The molecule has 1 unspecified atom stereocenters. The summed E-state index contributed by atoms with van der Waals surface area (Å²) in [6, 6.07) is 8.84. The van der Waals surface area contributed by atoms with Gasteiger partial charge in [0.2, 0.25) is 0 Å². The molecule has 1 aromatic rings. The molecule has 0 fully saturated rings. The van der Waals surface area contributed by atoms with E-state index in [1.807, 2.05) is 0 Å². The Hall–Kier alpha value is -2.08. The van der Waals surface area contributed by atoms with Crippen LogP contribution in [0, 0.1) is 0 Å². The lowest BCUT2D eigenvalue weighted by Gasteiger charge is -2.14. The van der Waals surface area contributed by atoms with Crippen molar-refractivity contribution >= 4 is 5.57 Å². The Balaban J connectivity index is 2.03. The second-order valence-corrected chi connectivity index (χ2v) is 5.30. The van der Waals surface area contributed by atoms with Gasteiger partial charge < -0.3 is 0 Å². The zero-order valence-corrected chi connectivity index (χ0v) is 10.8. The lowest BCUT2D eigenvalue weighted by Crippen LogP contribution is -1.97. The van der Waals surface area contributed by atoms with Crippen molar-refractivity contribution in [1.82, 2.24) is 0 Å². The van der Waals surface area contributed by atoms with Crippen LogP contribution in [0.25, 0.3) is 5.57 Å². The van der Waals surface area contributed by atoms with E-state index in [0.717, 1.165) is 12.8 Å². The van der Waals surface area contributed by atoms with E-state index in [1.165, 1.54) is 27.8 Å². The molecule has 4 rings (SSSR count). The molecule has 0 N–H and O–H groups in total. The minimum Gasteiger partial charge on any atom is -0.0873 e. The molecule has 3 aliphatic carbocycles. The van der Waals surface area contributed by atoms with Gasteiger partial charge in [-0.2, -0.15) is 0 Å². The smallest absolute Gasteiger partial charge is 0.0284 e. The van der Waals surface area contributed by atoms with Crippen LogP contribution in [0.1, 0.15) is 29.9 Å². The third-order valence-corrected chi connectivity index (χ3v) is 4.22. The van der Waals surface area contributed by atoms with Gasteiger partial charge in [0.15, 0.2) is 0 Å². The Kier molecular flexibility index (Phi) is 2.41. The Morgan fingerprint density at radius 1 is 1.00 bits per heavy atom. The van der Waals surface area contributed by atoms with Gasteiger partial charge in [0.05, 0.1) is 0 Å². The first kappa shape index (κ1) is 10.8. The highest BCUT2D eigenvalue weighted by Gasteiger charge is 2.30. The minimum atomic E-state index is 0.455. The highest BCUT2D eigenvalue weighted by Crippen LogP contribution is 2.48. The van der Waals surface area contributed by atoms with Gasteiger partial charge in [-0.05, 0) is 40.7 Å². The van der Waals surface area contributed by atoms with Crippen LogP contribution in [-0.4, -0.2) is 0 Å². The summed E-state index contributed by atoms with van der Waals surface area (Å²) in [5.74, 6) is 0.455. The van der Waals surface area contributed by atoms with Crippen LogP contribution >= 0.6 is 0 Å². The molecule has 0 heteroatoms. The monoisotopic (exact) mass is 244 g/mol. The van der Waals surface area contributed by atoms with Crippen molar-refractivity contribution in [3.05, 3.63) is 89.1 Å². The predicted molar refractivity (Wildman–Crippen MR) is 80.8 cm³/mol. The number of allylic oxidation sites excluding steroid dienone is 10. The summed E-state index contributed by atoms with van der Waals surface area (Å²) < 4.78 is 0. The van der Waals surface area contributed by atoms with Crippen molar-refractivity contribution in [2.75, 3.05) is 0 Å². The van der Waals surface area contributed by atoms with Crippen molar-refractivity contribution < 1.29 is 0 Å². The lowest BCUT2D eigenvalue weighted by molar-refractivity contribution is 0.979. The van der Waals surface area contributed by atoms with Gasteiger partial charge in [0.25, 0.3) is 0 Å². The van der Waals surface area contributed by atoms with E-state index in [-0.39, 0.29) is 0 Å². The number of rotatable bonds is 0. The predicted octanol–water partition coefficient (Wildman–Crippen LogP) is 4.94. The Bertz CT molecular complexity index is 678. The maximum Gasteiger partial charge on any atom is 0.0284 e. The van der Waals surface area contributed by atoms with Crippen LogP contribution in [0.2, 0.25) is 0 Å². The zero-order valence-electron chi connectivity index (χ0n) is 10.8. The lowest BCUT2D eigenvalue weighted by atomic mass is 9.90. The molecule has 0 aliphatic heterocycles. The number of fused-ring (bicyclic) bond motifs is 3. The maximum atomic E-state index is 2.39. The molecule has 0 nitrogen and oxygen atoms in total. The van der Waals surface area contributed by atoms with E-state index in [2.05, 4.69) is 66.8 Å². The molecule has 92 valence electrons. The van der Waals surface area contributed by atoms with Gasteiger partial charge in [0, 0.05) is 5.92 Å². The van der Waals surface area contributed by atoms with Crippen molar-refractivity contribution in [2.45, 2.75) is 18.8 Å².